The molecule has 108 valence electrons. The number of rotatable bonds is 6. The maximum absolute atomic E-state index is 5.49. The minimum atomic E-state index is 0.165. The average Bonchev–Trinajstić information content (AvgIpc) is 2.84. The molecule has 2 aromatic rings. The van der Waals surface area contributed by atoms with Crippen LogP contribution in [-0.2, 0) is 13.5 Å². The van der Waals surface area contributed by atoms with Crippen molar-refractivity contribution in [3.8, 4) is 5.75 Å². The summed E-state index contributed by atoms with van der Waals surface area (Å²) >= 11 is 0. The van der Waals surface area contributed by atoms with Crippen LogP contribution in [0.4, 0.5) is 0 Å². The molecule has 0 bridgehead atoms. The lowest BCUT2D eigenvalue weighted by Crippen LogP contribution is -2.25. The lowest BCUT2D eigenvalue weighted by molar-refractivity contribution is 0.397. The third-order valence-electron chi connectivity index (χ3n) is 3.40. The second-order valence-corrected chi connectivity index (χ2v) is 4.86. The highest BCUT2D eigenvalue weighted by atomic mass is 16.5. The molecule has 1 unspecified atom stereocenters. The second kappa shape index (κ2) is 6.52. The van der Waals surface area contributed by atoms with E-state index in [1.54, 1.807) is 13.4 Å². The summed E-state index contributed by atoms with van der Waals surface area (Å²) in [6.07, 6.45) is 2.37. The van der Waals surface area contributed by atoms with Crippen molar-refractivity contribution in [3.63, 3.8) is 0 Å². The number of aromatic nitrogens is 3. The summed E-state index contributed by atoms with van der Waals surface area (Å²) in [6, 6.07) is 6.42. The van der Waals surface area contributed by atoms with E-state index in [0.717, 1.165) is 30.1 Å². The van der Waals surface area contributed by atoms with Crippen LogP contribution in [0.2, 0.25) is 0 Å². The first kappa shape index (κ1) is 14.5. The first-order chi connectivity index (χ1) is 9.65. The molecular weight excluding hydrogens is 252 g/mol. The number of nitrogens with one attached hydrogen (secondary N) is 1. The van der Waals surface area contributed by atoms with E-state index < -0.39 is 0 Å². The van der Waals surface area contributed by atoms with Gasteiger partial charge in [0.1, 0.15) is 17.9 Å². The van der Waals surface area contributed by atoms with Gasteiger partial charge in [0, 0.05) is 25.1 Å². The van der Waals surface area contributed by atoms with Gasteiger partial charge in [0.2, 0.25) is 0 Å². The molecule has 1 aromatic heterocycles. The normalized spacial score (nSPS) is 12.4. The quantitative estimate of drug-likeness (QED) is 0.875. The Kier molecular flexibility index (Phi) is 4.74. The van der Waals surface area contributed by atoms with Crippen molar-refractivity contribution in [2.24, 2.45) is 7.05 Å². The molecule has 2 rings (SSSR count). The Bertz CT molecular complexity index is 565. The Morgan fingerprint density at radius 2 is 2.20 bits per heavy atom. The van der Waals surface area contributed by atoms with Crippen molar-refractivity contribution in [1.29, 1.82) is 0 Å². The Morgan fingerprint density at radius 3 is 2.80 bits per heavy atom. The van der Waals surface area contributed by atoms with E-state index in [-0.39, 0.29) is 6.04 Å². The predicted octanol–water partition coefficient (Wildman–Crippen LogP) is 2.03. The summed E-state index contributed by atoms with van der Waals surface area (Å²) in [4.78, 5) is 4.31. The van der Waals surface area contributed by atoms with Crippen LogP contribution in [0.15, 0.2) is 24.5 Å². The van der Waals surface area contributed by atoms with Gasteiger partial charge in [-0.25, -0.2) is 4.98 Å². The second-order valence-electron chi connectivity index (χ2n) is 4.86. The molecule has 20 heavy (non-hydrogen) atoms. The summed E-state index contributed by atoms with van der Waals surface area (Å²) in [6.45, 7) is 5.08. The molecule has 0 aliphatic carbocycles. The van der Waals surface area contributed by atoms with Crippen LogP contribution in [0.1, 0.15) is 29.9 Å². The van der Waals surface area contributed by atoms with Gasteiger partial charge in [0.25, 0.3) is 0 Å². The number of hydrogen-bond donors (Lipinski definition) is 1. The number of likely N-dealkylation sites (N-methyl/N-ethyl adjacent to an activating group) is 1. The molecular formula is C15H22N4O. The molecule has 1 N–H and O–H groups in total. The first-order valence-electron chi connectivity index (χ1n) is 6.86. The monoisotopic (exact) mass is 274 g/mol. The van der Waals surface area contributed by atoms with Gasteiger partial charge in [0.15, 0.2) is 0 Å². The van der Waals surface area contributed by atoms with Gasteiger partial charge in [-0.05, 0) is 19.5 Å². The topological polar surface area (TPSA) is 52.0 Å². The van der Waals surface area contributed by atoms with Crippen molar-refractivity contribution in [1.82, 2.24) is 20.1 Å². The van der Waals surface area contributed by atoms with Crippen LogP contribution in [0.5, 0.6) is 5.75 Å². The molecule has 1 atom stereocenters. The number of benzene rings is 1. The highest BCUT2D eigenvalue weighted by molar-refractivity contribution is 5.39. The van der Waals surface area contributed by atoms with E-state index in [1.165, 1.54) is 5.56 Å². The van der Waals surface area contributed by atoms with Crippen LogP contribution < -0.4 is 10.1 Å². The highest BCUT2D eigenvalue weighted by Crippen LogP contribution is 2.28. The number of aryl methyl sites for hydroxylation is 2. The van der Waals surface area contributed by atoms with E-state index in [2.05, 4.69) is 41.4 Å². The molecule has 5 heteroatoms. The molecule has 0 radical (unpaired) electrons. The molecule has 0 aliphatic heterocycles. The average molecular weight is 274 g/mol. The van der Waals surface area contributed by atoms with Crippen LogP contribution in [-0.4, -0.2) is 28.4 Å². The van der Waals surface area contributed by atoms with E-state index >= 15 is 0 Å². The van der Waals surface area contributed by atoms with Gasteiger partial charge < -0.3 is 10.1 Å². The van der Waals surface area contributed by atoms with E-state index in [9.17, 15) is 0 Å². The molecule has 0 amide bonds. The third kappa shape index (κ3) is 3.17. The van der Waals surface area contributed by atoms with Crippen molar-refractivity contribution in [2.45, 2.75) is 26.3 Å². The lowest BCUT2D eigenvalue weighted by atomic mass is 10.00. The number of ether oxygens (including phenoxy) is 1. The van der Waals surface area contributed by atoms with Gasteiger partial charge in [-0.3, -0.25) is 4.68 Å². The highest BCUT2D eigenvalue weighted by Gasteiger charge is 2.18. The molecule has 0 saturated carbocycles. The fraction of sp³-hybridized carbons (Fsp3) is 0.467. The van der Waals surface area contributed by atoms with E-state index in [0.29, 0.717) is 0 Å². The van der Waals surface area contributed by atoms with Crippen molar-refractivity contribution >= 4 is 0 Å². The minimum Gasteiger partial charge on any atom is -0.496 e. The number of methoxy groups -OCH3 is 1. The summed E-state index contributed by atoms with van der Waals surface area (Å²) in [5.41, 5.74) is 2.39. The largest absolute Gasteiger partial charge is 0.496 e. The zero-order valence-corrected chi connectivity index (χ0v) is 12.6. The van der Waals surface area contributed by atoms with Gasteiger partial charge in [-0.15, -0.1) is 0 Å². The standard InChI is InChI=1S/C15H22N4O/c1-5-16-13(9-15-17-10-18-19(15)3)12-8-11(2)6-7-14(12)20-4/h6-8,10,13,16H,5,9H2,1-4H3. The minimum absolute atomic E-state index is 0.165. The summed E-state index contributed by atoms with van der Waals surface area (Å²) < 4.78 is 7.31. The lowest BCUT2D eigenvalue weighted by Gasteiger charge is -2.21. The van der Waals surface area contributed by atoms with Gasteiger partial charge in [0.05, 0.1) is 7.11 Å². The van der Waals surface area contributed by atoms with Crippen molar-refractivity contribution < 1.29 is 4.74 Å². The zero-order chi connectivity index (χ0) is 14.5. The smallest absolute Gasteiger partial charge is 0.138 e. The summed E-state index contributed by atoms with van der Waals surface area (Å²) in [5, 5.41) is 7.64. The number of nitrogens with zero attached hydrogens (tertiary/aromatic N) is 3. The maximum Gasteiger partial charge on any atom is 0.138 e. The van der Waals surface area contributed by atoms with Crippen molar-refractivity contribution in [3.05, 3.63) is 41.5 Å². The van der Waals surface area contributed by atoms with Crippen molar-refractivity contribution in [2.75, 3.05) is 13.7 Å². The van der Waals surface area contributed by atoms with Crippen LogP contribution in [0.25, 0.3) is 0 Å². The molecule has 5 nitrogen and oxygen atoms in total. The van der Waals surface area contributed by atoms with Crippen LogP contribution in [0, 0.1) is 6.92 Å². The van der Waals surface area contributed by atoms with E-state index in [4.69, 9.17) is 4.74 Å². The zero-order valence-electron chi connectivity index (χ0n) is 12.6. The fourth-order valence-electron chi connectivity index (χ4n) is 2.35. The van der Waals surface area contributed by atoms with Crippen LogP contribution >= 0.6 is 0 Å². The van der Waals surface area contributed by atoms with Gasteiger partial charge >= 0.3 is 0 Å². The Morgan fingerprint density at radius 1 is 1.40 bits per heavy atom. The maximum atomic E-state index is 5.49. The molecule has 0 fully saturated rings. The molecule has 0 saturated heterocycles. The SMILES string of the molecule is CCNC(Cc1ncnn1C)c1cc(C)ccc1OC. The Labute approximate surface area is 120 Å². The van der Waals surface area contributed by atoms with E-state index in [1.807, 2.05) is 17.8 Å². The first-order valence-corrected chi connectivity index (χ1v) is 6.86. The molecule has 1 heterocycles. The van der Waals surface area contributed by atoms with Crippen LogP contribution in [0.3, 0.4) is 0 Å². The third-order valence-corrected chi connectivity index (χ3v) is 3.40. The molecule has 0 spiro atoms. The fourth-order valence-corrected chi connectivity index (χ4v) is 2.35. The Balaban J connectivity index is 2.33. The summed E-state index contributed by atoms with van der Waals surface area (Å²) in [5.74, 6) is 1.86. The molecule has 1 aromatic carbocycles. The predicted molar refractivity (Wildman–Crippen MR) is 78.9 cm³/mol. The Hall–Kier alpha value is -1.88. The van der Waals surface area contributed by atoms with Gasteiger partial charge in [-0.1, -0.05) is 24.6 Å². The number of hydrogen-bond acceptors (Lipinski definition) is 4. The van der Waals surface area contributed by atoms with Gasteiger partial charge in [-0.2, -0.15) is 5.10 Å². The molecule has 0 aliphatic rings. The summed E-state index contributed by atoms with van der Waals surface area (Å²) in [7, 11) is 3.62.